The second-order valence-electron chi connectivity index (χ2n) is 5.91. The Hall–Kier alpha value is -3.23. The summed E-state index contributed by atoms with van der Waals surface area (Å²) in [5, 5.41) is 16.8. The van der Waals surface area contributed by atoms with Crippen molar-refractivity contribution >= 4 is 44.8 Å². The van der Waals surface area contributed by atoms with Crippen molar-refractivity contribution in [2.75, 3.05) is 5.32 Å². The van der Waals surface area contributed by atoms with Crippen LogP contribution in [-0.2, 0) is 0 Å². The number of ether oxygens (including phenoxy) is 1. The van der Waals surface area contributed by atoms with Gasteiger partial charge in [-0.3, -0.25) is 10.1 Å². The van der Waals surface area contributed by atoms with Crippen molar-refractivity contribution in [1.82, 2.24) is 4.98 Å². The van der Waals surface area contributed by atoms with Gasteiger partial charge in [0, 0.05) is 28.8 Å². The highest BCUT2D eigenvalue weighted by Crippen LogP contribution is 2.30. The number of nitrogens with zero attached hydrogens (tertiary/aromatic N) is 2. The van der Waals surface area contributed by atoms with Gasteiger partial charge in [0.1, 0.15) is 11.5 Å². The molecule has 1 heterocycles. The van der Waals surface area contributed by atoms with Gasteiger partial charge in [0.2, 0.25) is 0 Å². The molecule has 1 aromatic heterocycles. The van der Waals surface area contributed by atoms with Crippen LogP contribution in [0.4, 0.5) is 16.5 Å². The molecule has 0 fully saturated rings. The van der Waals surface area contributed by atoms with Crippen molar-refractivity contribution in [3.63, 3.8) is 0 Å². The molecule has 0 aliphatic rings. The van der Waals surface area contributed by atoms with E-state index in [1.165, 1.54) is 23.5 Å². The molecule has 8 heteroatoms. The van der Waals surface area contributed by atoms with E-state index in [0.717, 1.165) is 17.2 Å². The average Bonchev–Trinajstić information content (AvgIpc) is 3.19. The molecular weight excluding hydrogens is 454 g/mol. The number of nitro benzene ring substituents is 1. The van der Waals surface area contributed by atoms with Crippen molar-refractivity contribution in [1.29, 1.82) is 0 Å². The third-order valence-corrected chi connectivity index (χ3v) is 4.70. The second kappa shape index (κ2) is 9.31. The minimum absolute atomic E-state index is 0. The predicted octanol–water partition coefficient (Wildman–Crippen LogP) is 6.83. The predicted molar refractivity (Wildman–Crippen MR) is 121 cm³/mol. The lowest BCUT2D eigenvalue weighted by molar-refractivity contribution is -0.384. The Balaban J connectivity index is 0.00000240. The van der Waals surface area contributed by atoms with Gasteiger partial charge < -0.3 is 10.1 Å². The molecule has 4 aromatic rings. The molecule has 6 nitrogen and oxygen atoms in total. The molecule has 0 atom stereocenters. The molecule has 29 heavy (non-hydrogen) atoms. The van der Waals surface area contributed by atoms with Crippen molar-refractivity contribution in [3.8, 4) is 22.8 Å². The van der Waals surface area contributed by atoms with E-state index in [1.807, 2.05) is 66.0 Å². The lowest BCUT2D eigenvalue weighted by atomic mass is 10.1. The normalized spacial score (nSPS) is 10.1. The summed E-state index contributed by atoms with van der Waals surface area (Å²) in [5.41, 5.74) is 2.33. The highest BCUT2D eigenvalue weighted by molar-refractivity contribution is 8.93. The molecule has 3 aromatic carbocycles. The first-order valence-electron chi connectivity index (χ1n) is 8.48. The molecule has 4 rings (SSSR count). The van der Waals surface area contributed by atoms with Crippen LogP contribution in [0.25, 0.3) is 11.3 Å². The molecule has 0 radical (unpaired) electrons. The van der Waals surface area contributed by atoms with Crippen molar-refractivity contribution < 1.29 is 9.66 Å². The monoisotopic (exact) mass is 469 g/mol. The van der Waals surface area contributed by atoms with E-state index in [1.54, 1.807) is 6.07 Å². The third kappa shape index (κ3) is 5.18. The van der Waals surface area contributed by atoms with Crippen LogP contribution in [-0.4, -0.2) is 9.91 Å². The SMILES string of the molecule is Br.O=[N+]([O-])c1cccc(-c2csc(Nc3ccc(Oc4ccccc4)cc3)n2)c1. The summed E-state index contributed by atoms with van der Waals surface area (Å²) in [6, 6.07) is 23.6. The standard InChI is InChI=1S/C21H15N3O3S.BrH/c25-24(26)17-6-4-5-15(13-17)20-14-28-21(23-20)22-16-9-11-19(12-10-16)27-18-7-2-1-3-8-18;/h1-14H,(H,22,23);1H. The number of benzene rings is 3. The maximum Gasteiger partial charge on any atom is 0.270 e. The van der Waals surface area contributed by atoms with Crippen LogP contribution in [0.5, 0.6) is 11.5 Å². The van der Waals surface area contributed by atoms with E-state index in [4.69, 9.17) is 4.74 Å². The van der Waals surface area contributed by atoms with Crippen molar-refractivity contribution in [2.45, 2.75) is 0 Å². The Labute approximate surface area is 181 Å². The van der Waals surface area contributed by atoms with E-state index in [0.29, 0.717) is 16.4 Å². The molecule has 0 aliphatic heterocycles. The lowest BCUT2D eigenvalue weighted by Crippen LogP contribution is -1.91. The summed E-state index contributed by atoms with van der Waals surface area (Å²) in [5.74, 6) is 1.53. The highest BCUT2D eigenvalue weighted by atomic mass is 79.9. The number of nitro groups is 1. The van der Waals surface area contributed by atoms with Gasteiger partial charge in [-0.2, -0.15) is 0 Å². The van der Waals surface area contributed by atoms with Gasteiger partial charge in [-0.1, -0.05) is 30.3 Å². The molecule has 146 valence electrons. The van der Waals surface area contributed by atoms with Crippen LogP contribution in [0.1, 0.15) is 0 Å². The Morgan fingerprint density at radius 2 is 1.66 bits per heavy atom. The van der Waals surface area contributed by atoms with E-state index >= 15 is 0 Å². The molecule has 1 N–H and O–H groups in total. The van der Waals surface area contributed by atoms with Crippen molar-refractivity contribution in [3.05, 3.63) is 94.4 Å². The second-order valence-corrected chi connectivity index (χ2v) is 6.77. The maximum atomic E-state index is 10.9. The average molecular weight is 470 g/mol. The summed E-state index contributed by atoms with van der Waals surface area (Å²) in [6.45, 7) is 0. The summed E-state index contributed by atoms with van der Waals surface area (Å²) < 4.78 is 5.78. The Morgan fingerprint density at radius 3 is 2.38 bits per heavy atom. The zero-order valence-corrected chi connectivity index (χ0v) is 17.5. The minimum atomic E-state index is -0.409. The number of rotatable bonds is 6. The molecule has 0 bridgehead atoms. The molecule has 0 amide bonds. The van der Waals surface area contributed by atoms with Crippen LogP contribution in [0.3, 0.4) is 0 Å². The number of para-hydroxylation sites is 1. The lowest BCUT2D eigenvalue weighted by Gasteiger charge is -2.07. The van der Waals surface area contributed by atoms with Gasteiger partial charge in [0.15, 0.2) is 5.13 Å². The number of aromatic nitrogens is 1. The van der Waals surface area contributed by atoms with Crippen LogP contribution in [0.2, 0.25) is 0 Å². The number of hydrogen-bond donors (Lipinski definition) is 1. The van der Waals surface area contributed by atoms with E-state index in [-0.39, 0.29) is 22.7 Å². The summed E-state index contributed by atoms with van der Waals surface area (Å²) in [4.78, 5) is 15.1. The maximum absolute atomic E-state index is 10.9. The van der Waals surface area contributed by atoms with E-state index in [9.17, 15) is 10.1 Å². The zero-order chi connectivity index (χ0) is 19.3. The number of anilines is 2. The Morgan fingerprint density at radius 1 is 0.931 bits per heavy atom. The summed E-state index contributed by atoms with van der Waals surface area (Å²) >= 11 is 1.44. The molecule has 0 unspecified atom stereocenters. The first-order valence-corrected chi connectivity index (χ1v) is 9.36. The highest BCUT2D eigenvalue weighted by Gasteiger charge is 2.10. The van der Waals surface area contributed by atoms with Crippen LogP contribution in [0, 0.1) is 10.1 Å². The molecule has 0 saturated carbocycles. The Bertz CT molecular complexity index is 1100. The van der Waals surface area contributed by atoms with E-state index in [2.05, 4.69) is 10.3 Å². The van der Waals surface area contributed by atoms with E-state index < -0.39 is 4.92 Å². The smallest absolute Gasteiger partial charge is 0.270 e. The molecule has 0 spiro atoms. The number of non-ortho nitro benzene ring substituents is 1. The van der Waals surface area contributed by atoms with Crippen LogP contribution in [0.15, 0.2) is 84.2 Å². The first kappa shape index (κ1) is 20.5. The quantitative estimate of drug-likeness (QED) is 0.247. The Kier molecular flexibility index (Phi) is 6.58. The topological polar surface area (TPSA) is 77.3 Å². The summed E-state index contributed by atoms with van der Waals surface area (Å²) in [7, 11) is 0. The van der Waals surface area contributed by atoms with Gasteiger partial charge in [0.05, 0.1) is 10.6 Å². The molecule has 0 aliphatic carbocycles. The molecule has 0 saturated heterocycles. The number of hydrogen-bond acceptors (Lipinski definition) is 6. The molecular formula is C21H16BrN3O3S. The fraction of sp³-hybridized carbons (Fsp3) is 0. The fourth-order valence-corrected chi connectivity index (χ4v) is 3.34. The zero-order valence-electron chi connectivity index (χ0n) is 15.0. The fourth-order valence-electron chi connectivity index (χ4n) is 2.60. The van der Waals surface area contributed by atoms with Gasteiger partial charge in [-0.05, 0) is 36.4 Å². The van der Waals surface area contributed by atoms with Crippen LogP contribution >= 0.6 is 28.3 Å². The third-order valence-electron chi connectivity index (χ3n) is 3.94. The van der Waals surface area contributed by atoms with Gasteiger partial charge in [-0.25, -0.2) is 4.98 Å². The largest absolute Gasteiger partial charge is 0.457 e. The minimum Gasteiger partial charge on any atom is -0.457 e. The van der Waals surface area contributed by atoms with Crippen molar-refractivity contribution in [2.24, 2.45) is 0 Å². The number of halogens is 1. The van der Waals surface area contributed by atoms with Crippen LogP contribution < -0.4 is 10.1 Å². The number of nitrogens with one attached hydrogen (secondary N) is 1. The number of thiazole rings is 1. The van der Waals surface area contributed by atoms with Gasteiger partial charge >= 0.3 is 0 Å². The van der Waals surface area contributed by atoms with Gasteiger partial charge in [-0.15, -0.1) is 28.3 Å². The van der Waals surface area contributed by atoms with Gasteiger partial charge in [0.25, 0.3) is 5.69 Å². The first-order chi connectivity index (χ1) is 13.7. The summed E-state index contributed by atoms with van der Waals surface area (Å²) in [6.07, 6.45) is 0.